The number of hydrogen-bond acceptors (Lipinski definition) is 3. The number of ether oxygens (including phenoxy) is 1. The molecule has 0 aliphatic heterocycles. The molecule has 20 heavy (non-hydrogen) atoms. The summed E-state index contributed by atoms with van der Waals surface area (Å²) >= 11 is 0. The van der Waals surface area contributed by atoms with Crippen LogP contribution in [0.25, 0.3) is 27.4 Å². The number of rotatable bonds is 5. The normalized spacial score (nSPS) is 10.7. The molecule has 0 saturated heterocycles. The summed E-state index contributed by atoms with van der Waals surface area (Å²) in [6.45, 7) is 0.449. The number of hydrogen-bond donors (Lipinski definition) is 1. The van der Waals surface area contributed by atoms with Crippen LogP contribution >= 0.6 is 0 Å². The smallest absolute Gasteiger partial charge is 0.354 e. The van der Waals surface area contributed by atoms with Crippen molar-refractivity contribution in [2.45, 2.75) is 6.42 Å². The molecule has 102 valence electrons. The number of aromatic nitrogens is 1. The van der Waals surface area contributed by atoms with Crippen LogP contribution in [0.1, 0.15) is 22.5 Å². The lowest BCUT2D eigenvalue weighted by Gasteiger charge is -1.94. The number of nitrogens with one attached hydrogen (secondary N) is 1. The van der Waals surface area contributed by atoms with Crippen molar-refractivity contribution in [3.8, 4) is 0 Å². The number of carbonyl (C=O) groups excluding carboxylic acids is 1. The van der Waals surface area contributed by atoms with Crippen molar-refractivity contribution in [3.05, 3.63) is 52.0 Å². The second kappa shape index (κ2) is 6.45. The van der Waals surface area contributed by atoms with E-state index in [-0.39, 0.29) is 5.97 Å². The van der Waals surface area contributed by atoms with Gasteiger partial charge in [0.1, 0.15) is 5.69 Å². The third kappa shape index (κ3) is 3.18. The Balaban J connectivity index is 2.16. The van der Waals surface area contributed by atoms with Crippen molar-refractivity contribution in [1.82, 2.24) is 4.98 Å². The quantitative estimate of drug-likeness (QED) is 0.295. The van der Waals surface area contributed by atoms with Crippen LogP contribution in [0.3, 0.4) is 0 Å². The van der Waals surface area contributed by atoms with Crippen LogP contribution in [0.15, 0.2) is 35.5 Å². The van der Waals surface area contributed by atoms with Crippen molar-refractivity contribution in [3.63, 3.8) is 0 Å². The van der Waals surface area contributed by atoms with Gasteiger partial charge in [0.15, 0.2) is 0 Å². The predicted molar refractivity (Wildman–Crippen MR) is 77.3 cm³/mol. The number of nitrogens with zero attached hydrogens (tertiary/aromatic N) is 3. The summed E-state index contributed by atoms with van der Waals surface area (Å²) in [5.74, 6) is -0.382. The van der Waals surface area contributed by atoms with Gasteiger partial charge in [-0.3, -0.25) is 0 Å². The van der Waals surface area contributed by atoms with E-state index in [1.54, 1.807) is 6.07 Å². The van der Waals surface area contributed by atoms with Crippen LogP contribution in [0, 0.1) is 0 Å². The molecule has 2 rings (SSSR count). The molecule has 1 aromatic carbocycles. The number of benzene rings is 1. The third-order valence-electron chi connectivity index (χ3n) is 2.82. The molecule has 6 nitrogen and oxygen atoms in total. The predicted octanol–water partition coefficient (Wildman–Crippen LogP) is 3.67. The fourth-order valence-corrected chi connectivity index (χ4v) is 1.86. The van der Waals surface area contributed by atoms with Crippen LogP contribution in [0.2, 0.25) is 0 Å². The largest absolute Gasteiger partial charge is 0.464 e. The van der Waals surface area contributed by atoms with Crippen molar-refractivity contribution in [2.24, 2.45) is 5.11 Å². The summed E-state index contributed by atoms with van der Waals surface area (Å²) in [5, 5.41) is 4.41. The molecule has 1 aromatic heterocycles. The van der Waals surface area contributed by atoms with E-state index in [4.69, 9.17) is 5.53 Å². The van der Waals surface area contributed by atoms with Crippen molar-refractivity contribution >= 4 is 22.9 Å². The number of aromatic amines is 1. The molecule has 0 aliphatic carbocycles. The molecule has 2 aromatic rings. The highest BCUT2D eigenvalue weighted by Gasteiger charge is 2.08. The fraction of sp³-hybridized carbons (Fsp3) is 0.214. The van der Waals surface area contributed by atoms with Gasteiger partial charge in [0.05, 0.1) is 7.11 Å². The maximum Gasteiger partial charge on any atom is 0.354 e. The zero-order valence-corrected chi connectivity index (χ0v) is 11.0. The lowest BCUT2D eigenvalue weighted by molar-refractivity contribution is 0.0595. The summed E-state index contributed by atoms with van der Waals surface area (Å²) in [4.78, 5) is 17.1. The van der Waals surface area contributed by atoms with E-state index in [1.165, 1.54) is 7.11 Å². The summed E-state index contributed by atoms with van der Waals surface area (Å²) in [5.41, 5.74) is 10.5. The Labute approximate surface area is 115 Å². The number of carbonyl (C=O) groups is 1. The number of methoxy groups -OCH3 is 1. The molecule has 0 spiro atoms. The monoisotopic (exact) mass is 270 g/mol. The van der Waals surface area contributed by atoms with Gasteiger partial charge in [-0.1, -0.05) is 29.4 Å². The first-order chi connectivity index (χ1) is 9.74. The van der Waals surface area contributed by atoms with E-state index in [1.807, 2.05) is 30.4 Å². The Hall–Kier alpha value is -2.72. The summed E-state index contributed by atoms with van der Waals surface area (Å²) in [6, 6.07) is 7.61. The second-order valence-electron chi connectivity index (χ2n) is 4.17. The zero-order valence-electron chi connectivity index (χ0n) is 11.0. The number of H-pyrrole nitrogens is 1. The number of azide groups is 1. The number of fused-ring (bicyclic) bond motifs is 1. The molecule has 0 radical (unpaired) electrons. The van der Waals surface area contributed by atoms with Crippen LogP contribution < -0.4 is 0 Å². The summed E-state index contributed by atoms with van der Waals surface area (Å²) in [7, 11) is 1.35. The van der Waals surface area contributed by atoms with E-state index >= 15 is 0 Å². The summed E-state index contributed by atoms with van der Waals surface area (Å²) < 4.78 is 4.67. The Morgan fingerprint density at radius 2 is 2.35 bits per heavy atom. The third-order valence-corrected chi connectivity index (χ3v) is 2.82. The lowest BCUT2D eigenvalue weighted by atomic mass is 10.1. The van der Waals surface area contributed by atoms with Gasteiger partial charge in [-0.15, -0.1) is 0 Å². The average Bonchev–Trinajstić information content (AvgIpc) is 2.89. The van der Waals surface area contributed by atoms with Gasteiger partial charge in [-0.05, 0) is 29.6 Å². The minimum absolute atomic E-state index is 0.382. The Kier molecular flexibility index (Phi) is 4.42. The molecule has 0 saturated carbocycles. The van der Waals surface area contributed by atoms with Crippen LogP contribution in [-0.4, -0.2) is 24.6 Å². The average molecular weight is 270 g/mol. The first kappa shape index (κ1) is 13.7. The van der Waals surface area contributed by atoms with E-state index in [0.717, 1.165) is 16.5 Å². The highest BCUT2D eigenvalue weighted by molar-refractivity contribution is 5.95. The first-order valence-corrected chi connectivity index (χ1v) is 6.13. The highest BCUT2D eigenvalue weighted by atomic mass is 16.5. The van der Waals surface area contributed by atoms with E-state index in [0.29, 0.717) is 18.7 Å². The van der Waals surface area contributed by atoms with Gasteiger partial charge < -0.3 is 9.72 Å². The van der Waals surface area contributed by atoms with E-state index in [9.17, 15) is 4.79 Å². The van der Waals surface area contributed by atoms with Crippen molar-refractivity contribution < 1.29 is 9.53 Å². The topological polar surface area (TPSA) is 90.8 Å². The number of esters is 1. The van der Waals surface area contributed by atoms with Gasteiger partial charge in [0.25, 0.3) is 0 Å². The minimum atomic E-state index is -0.382. The van der Waals surface area contributed by atoms with Gasteiger partial charge >= 0.3 is 5.97 Å². The van der Waals surface area contributed by atoms with Crippen molar-refractivity contribution in [2.75, 3.05) is 13.7 Å². The maximum atomic E-state index is 11.4. The Bertz CT molecular complexity index is 696. The van der Waals surface area contributed by atoms with Crippen LogP contribution in [-0.2, 0) is 4.74 Å². The lowest BCUT2D eigenvalue weighted by Crippen LogP contribution is -2.00. The molecule has 0 bridgehead atoms. The molecule has 0 amide bonds. The van der Waals surface area contributed by atoms with Gasteiger partial charge in [0, 0.05) is 22.4 Å². The molecular formula is C14H14N4O2. The van der Waals surface area contributed by atoms with Crippen LogP contribution in [0.5, 0.6) is 0 Å². The molecule has 6 heteroatoms. The van der Waals surface area contributed by atoms with Crippen LogP contribution in [0.4, 0.5) is 0 Å². The Morgan fingerprint density at radius 1 is 1.50 bits per heavy atom. The molecular weight excluding hydrogens is 256 g/mol. The molecule has 1 N–H and O–H groups in total. The molecule has 0 atom stereocenters. The molecule has 1 heterocycles. The summed E-state index contributed by atoms with van der Waals surface area (Å²) in [6.07, 6.45) is 4.59. The zero-order chi connectivity index (χ0) is 14.4. The van der Waals surface area contributed by atoms with E-state index < -0.39 is 0 Å². The molecule has 0 fully saturated rings. The second-order valence-corrected chi connectivity index (χ2v) is 4.17. The van der Waals surface area contributed by atoms with Gasteiger partial charge in [0.2, 0.25) is 0 Å². The molecule has 0 aliphatic rings. The standard InChI is InChI=1S/C14H14N4O2/c1-20-14(19)13-9-11-6-5-10(8-12(11)17-13)4-2-3-7-16-18-15/h2,4-6,8-9,17H,3,7H2,1H3. The van der Waals surface area contributed by atoms with E-state index in [2.05, 4.69) is 19.7 Å². The molecule has 0 unspecified atom stereocenters. The fourth-order valence-electron chi connectivity index (χ4n) is 1.86. The van der Waals surface area contributed by atoms with Gasteiger partial charge in [-0.25, -0.2) is 4.79 Å². The maximum absolute atomic E-state index is 11.4. The SMILES string of the molecule is COC(=O)c1cc2ccc(C=CCCN=[N+]=[N-])cc2[nH]1. The highest BCUT2D eigenvalue weighted by Crippen LogP contribution is 2.18. The minimum Gasteiger partial charge on any atom is -0.464 e. The van der Waals surface area contributed by atoms with Crippen molar-refractivity contribution in [1.29, 1.82) is 0 Å². The van der Waals surface area contributed by atoms with Gasteiger partial charge in [-0.2, -0.15) is 0 Å². The first-order valence-electron chi connectivity index (χ1n) is 6.13. The Morgan fingerprint density at radius 3 is 3.10 bits per heavy atom.